The van der Waals surface area contributed by atoms with Crippen LogP contribution in [0.3, 0.4) is 0 Å². The van der Waals surface area contributed by atoms with Gasteiger partial charge >= 0.3 is 6.18 Å². The van der Waals surface area contributed by atoms with E-state index in [1.807, 2.05) is 36.4 Å². The van der Waals surface area contributed by atoms with Gasteiger partial charge in [-0.2, -0.15) is 23.5 Å². The van der Waals surface area contributed by atoms with Gasteiger partial charge in [0.25, 0.3) is 11.5 Å². The third-order valence-corrected chi connectivity index (χ3v) is 8.69. The maximum absolute atomic E-state index is 14.0. The molecule has 9 nitrogen and oxygen atoms in total. The minimum atomic E-state index is -4.62. The maximum Gasteiger partial charge on any atom is 0.416 e. The molecule has 2 heterocycles. The lowest BCUT2D eigenvalue weighted by atomic mass is 9.85. The molecular formula is C38H41F3N7O2+. The van der Waals surface area contributed by atoms with Gasteiger partial charge in [-0.15, -0.1) is 0 Å². The van der Waals surface area contributed by atoms with Gasteiger partial charge in [0.15, 0.2) is 0 Å². The molecular weight excluding hydrogens is 643 g/mol. The van der Waals surface area contributed by atoms with Gasteiger partial charge in [-0.05, 0) is 74.2 Å². The van der Waals surface area contributed by atoms with E-state index in [0.717, 1.165) is 53.5 Å². The lowest BCUT2D eigenvalue weighted by Gasteiger charge is -2.34. The van der Waals surface area contributed by atoms with Crippen molar-refractivity contribution in [3.63, 3.8) is 0 Å². The number of hydrogen-bond acceptors (Lipinski definition) is 4. The summed E-state index contributed by atoms with van der Waals surface area (Å²) in [5, 5.41) is 16.7. The number of aromatic nitrogens is 4. The molecule has 1 fully saturated rings. The first-order chi connectivity index (χ1) is 23.8. The van der Waals surface area contributed by atoms with Crippen molar-refractivity contribution in [1.82, 2.24) is 24.5 Å². The molecule has 1 saturated carbocycles. The second-order valence-corrected chi connectivity index (χ2v) is 13.5. The van der Waals surface area contributed by atoms with Gasteiger partial charge in [0, 0.05) is 19.0 Å². The molecule has 0 unspecified atom stereocenters. The highest BCUT2D eigenvalue weighted by Gasteiger charge is 2.34. The molecule has 2 aromatic heterocycles. The molecule has 3 aromatic carbocycles. The largest absolute Gasteiger partial charge is 0.416 e. The molecule has 5 aromatic rings. The Morgan fingerprint density at radius 2 is 1.54 bits per heavy atom. The van der Waals surface area contributed by atoms with E-state index >= 15 is 0 Å². The number of benzene rings is 3. The third-order valence-electron chi connectivity index (χ3n) is 8.69. The number of hydrogen-bond donors (Lipinski definition) is 1. The van der Waals surface area contributed by atoms with E-state index in [0.29, 0.717) is 22.9 Å². The average molecular weight is 685 g/mol. The number of nitriles is 1. The number of carbonyl (C=O) groups excluding carboxylic acids is 1. The summed E-state index contributed by atoms with van der Waals surface area (Å²) in [6.45, 7) is 1.03. The van der Waals surface area contributed by atoms with Crippen LogP contribution in [0.15, 0.2) is 102 Å². The molecule has 1 aliphatic carbocycles. The molecule has 1 aliphatic rings. The van der Waals surface area contributed by atoms with Gasteiger partial charge in [0.1, 0.15) is 11.3 Å². The Labute approximate surface area is 289 Å². The Morgan fingerprint density at radius 3 is 2.10 bits per heavy atom. The van der Waals surface area contributed by atoms with Crippen molar-refractivity contribution >= 4 is 5.91 Å². The quantitative estimate of drug-likeness (QED) is 0.196. The van der Waals surface area contributed by atoms with Crippen LogP contribution in [0.4, 0.5) is 13.2 Å². The first kappa shape index (κ1) is 35.9. The van der Waals surface area contributed by atoms with Gasteiger partial charge < -0.3 is 9.80 Å². The number of nitrogens with zero attached hydrogens (tertiary/aromatic N) is 6. The predicted octanol–water partition coefficient (Wildman–Crippen LogP) is 6.60. The summed E-state index contributed by atoms with van der Waals surface area (Å²) in [5.74, 6) is -0.0516. The van der Waals surface area contributed by atoms with E-state index in [1.165, 1.54) is 34.7 Å². The first-order valence-corrected chi connectivity index (χ1v) is 16.4. The molecule has 0 radical (unpaired) electrons. The number of rotatable bonds is 7. The zero-order chi connectivity index (χ0) is 36.1. The third kappa shape index (κ3) is 8.41. The molecule has 0 aliphatic heterocycles. The van der Waals surface area contributed by atoms with Crippen LogP contribution in [0.25, 0.3) is 22.8 Å². The van der Waals surface area contributed by atoms with Crippen LogP contribution in [-0.2, 0) is 13.2 Å². The van der Waals surface area contributed by atoms with Crippen molar-refractivity contribution < 1.29 is 22.4 Å². The summed E-state index contributed by atoms with van der Waals surface area (Å²) in [4.78, 5) is 28.0. The van der Waals surface area contributed by atoms with E-state index in [-0.39, 0.29) is 23.0 Å². The van der Waals surface area contributed by atoms with Crippen LogP contribution in [-0.4, -0.2) is 63.3 Å². The smallest absolute Gasteiger partial charge is 0.349 e. The SMILES string of the molecule is Cn1c(-c2ccnn2-c2ccc(C#N)cc2)c(C(=O)NC2CCC(C[N+](C)(C)C)CC2)c(=O)n1-c1cccc(C(F)(F)F)c1.c1ccccc1. The van der Waals surface area contributed by atoms with E-state index in [9.17, 15) is 28.0 Å². The Balaban J connectivity index is 0.000000732. The number of quaternary nitrogens is 1. The van der Waals surface area contributed by atoms with Crippen LogP contribution >= 0.6 is 0 Å². The fourth-order valence-corrected chi connectivity index (χ4v) is 6.48. The minimum Gasteiger partial charge on any atom is -0.349 e. The van der Waals surface area contributed by atoms with Crippen LogP contribution < -0.4 is 10.9 Å². The van der Waals surface area contributed by atoms with Crippen molar-refractivity contribution in [2.75, 3.05) is 27.7 Å². The molecule has 0 bridgehead atoms. The van der Waals surface area contributed by atoms with E-state index in [1.54, 1.807) is 30.3 Å². The standard InChI is InChI=1S/C32H34F3N7O2.C6H6/c1-39-29(27-16-17-37-40(27)25-14-10-21(19-36)11-15-25)28(30(43)38-24-12-8-22(9-13-24)20-42(2,3)4)31(44)41(39)26-7-5-6-23(18-26)32(33,34)35;1-2-4-6-5-3-1/h5-7,10-11,14-18,22,24H,8-9,12-13,20H2,1-4H3;1-6H/p+1. The molecule has 12 heteroatoms. The summed E-state index contributed by atoms with van der Waals surface area (Å²) in [6, 6.07) is 26.6. The zero-order valence-electron chi connectivity index (χ0n) is 28.6. The minimum absolute atomic E-state index is 0.0297. The van der Waals surface area contributed by atoms with Crippen molar-refractivity contribution in [2.24, 2.45) is 13.0 Å². The summed E-state index contributed by atoms with van der Waals surface area (Å²) in [6.07, 6.45) is 0.320. The number of nitrogens with one attached hydrogen (secondary N) is 1. The van der Waals surface area contributed by atoms with Crippen molar-refractivity contribution in [2.45, 2.75) is 37.9 Å². The number of alkyl halides is 3. The van der Waals surface area contributed by atoms with Gasteiger partial charge in [-0.1, -0.05) is 42.5 Å². The highest BCUT2D eigenvalue weighted by molar-refractivity contribution is 6.00. The Kier molecular flexibility index (Phi) is 10.8. The summed E-state index contributed by atoms with van der Waals surface area (Å²) in [7, 11) is 7.99. The summed E-state index contributed by atoms with van der Waals surface area (Å²) < 4.78 is 45.7. The summed E-state index contributed by atoms with van der Waals surface area (Å²) in [5.41, 5.74) is -0.268. The fourth-order valence-electron chi connectivity index (χ4n) is 6.48. The average Bonchev–Trinajstić information content (AvgIpc) is 3.67. The molecule has 50 heavy (non-hydrogen) atoms. The Morgan fingerprint density at radius 1 is 0.920 bits per heavy atom. The Hall–Kier alpha value is -5.41. The second-order valence-electron chi connectivity index (χ2n) is 13.5. The van der Waals surface area contributed by atoms with Crippen molar-refractivity contribution in [3.05, 3.63) is 124 Å². The molecule has 0 saturated heterocycles. The predicted molar refractivity (Wildman–Crippen MR) is 186 cm³/mol. The monoisotopic (exact) mass is 684 g/mol. The molecule has 0 atom stereocenters. The highest BCUT2D eigenvalue weighted by Crippen LogP contribution is 2.32. The lowest BCUT2D eigenvalue weighted by molar-refractivity contribution is -0.874. The van der Waals surface area contributed by atoms with Gasteiger partial charge in [-0.25, -0.2) is 9.36 Å². The number of amides is 1. The fraction of sp³-hybridized carbons (Fsp3) is 0.316. The normalized spacial score (nSPS) is 16.2. The molecule has 260 valence electrons. The molecule has 1 amide bonds. The van der Waals surface area contributed by atoms with Crippen LogP contribution in [0.5, 0.6) is 0 Å². The van der Waals surface area contributed by atoms with Crippen LogP contribution in [0.2, 0.25) is 0 Å². The van der Waals surface area contributed by atoms with Crippen LogP contribution in [0, 0.1) is 17.2 Å². The summed E-state index contributed by atoms with van der Waals surface area (Å²) >= 11 is 0. The molecule has 0 spiro atoms. The lowest BCUT2D eigenvalue weighted by Crippen LogP contribution is -2.43. The zero-order valence-corrected chi connectivity index (χ0v) is 28.6. The maximum atomic E-state index is 14.0. The van der Waals surface area contributed by atoms with E-state index < -0.39 is 23.2 Å². The van der Waals surface area contributed by atoms with Gasteiger partial charge in [-0.3, -0.25) is 14.3 Å². The van der Waals surface area contributed by atoms with Gasteiger partial charge in [0.2, 0.25) is 0 Å². The van der Waals surface area contributed by atoms with Crippen LogP contribution in [0.1, 0.15) is 47.2 Å². The Bertz CT molecular complexity index is 1980. The molecule has 1 N–H and O–H groups in total. The number of carbonyl (C=O) groups is 1. The van der Waals surface area contributed by atoms with Crippen molar-refractivity contribution in [3.8, 4) is 28.8 Å². The van der Waals surface area contributed by atoms with Gasteiger partial charge in [0.05, 0.1) is 68.1 Å². The molecule has 6 rings (SSSR count). The topological polar surface area (TPSA) is 97.6 Å². The second kappa shape index (κ2) is 15.0. The highest BCUT2D eigenvalue weighted by atomic mass is 19.4. The van der Waals surface area contributed by atoms with E-state index in [2.05, 4.69) is 37.6 Å². The van der Waals surface area contributed by atoms with E-state index in [4.69, 9.17) is 0 Å². The first-order valence-electron chi connectivity index (χ1n) is 16.4. The van der Waals surface area contributed by atoms with Crippen molar-refractivity contribution in [1.29, 1.82) is 5.26 Å². The number of halogens is 3.